The molecule has 66 valence electrons. The molecule has 0 N–H and O–H groups in total. The summed E-state index contributed by atoms with van der Waals surface area (Å²) in [6.45, 7) is 1.82. The molecule has 2 heterocycles. The maximum absolute atomic E-state index is 11.5. The van der Waals surface area contributed by atoms with Gasteiger partial charge >= 0.3 is 0 Å². The molecule has 2 aliphatic rings. The van der Waals surface area contributed by atoms with Gasteiger partial charge in [-0.2, -0.15) is 0 Å². The van der Waals surface area contributed by atoms with Crippen molar-refractivity contribution in [3.8, 4) is 0 Å². The highest BCUT2D eigenvalue weighted by Crippen LogP contribution is 2.16. The maximum Gasteiger partial charge on any atom is 0.227 e. The number of carbonyl (C=O) groups is 1. The SMILES string of the molecule is O=C1CCCCC2=NCCCN12. The minimum absolute atomic E-state index is 0.283. The Kier molecular flexibility index (Phi) is 2.11. The Hall–Kier alpha value is -0.860. The molecule has 2 aliphatic heterocycles. The molecule has 0 aromatic carbocycles. The van der Waals surface area contributed by atoms with Crippen LogP contribution >= 0.6 is 0 Å². The fourth-order valence-electron chi connectivity index (χ4n) is 1.83. The van der Waals surface area contributed by atoms with Crippen LogP contribution in [0.4, 0.5) is 0 Å². The molecule has 1 amide bonds. The lowest BCUT2D eigenvalue weighted by molar-refractivity contribution is -0.127. The number of amidine groups is 1. The third-order valence-corrected chi connectivity index (χ3v) is 2.49. The second-order valence-corrected chi connectivity index (χ2v) is 3.40. The van der Waals surface area contributed by atoms with Crippen LogP contribution in [0.3, 0.4) is 0 Å². The summed E-state index contributed by atoms with van der Waals surface area (Å²) >= 11 is 0. The molecule has 3 nitrogen and oxygen atoms in total. The minimum atomic E-state index is 0.283. The molecular weight excluding hydrogens is 152 g/mol. The zero-order chi connectivity index (χ0) is 8.39. The lowest BCUT2D eigenvalue weighted by atomic mass is 10.2. The molecule has 0 unspecified atom stereocenters. The largest absolute Gasteiger partial charge is 0.301 e. The molecular formula is C9H14N2O. The van der Waals surface area contributed by atoms with E-state index in [0.717, 1.165) is 51.0 Å². The van der Waals surface area contributed by atoms with Crippen molar-refractivity contribution < 1.29 is 4.79 Å². The fraction of sp³-hybridized carbons (Fsp3) is 0.778. The van der Waals surface area contributed by atoms with E-state index < -0.39 is 0 Å². The highest BCUT2D eigenvalue weighted by atomic mass is 16.2. The predicted molar refractivity (Wildman–Crippen MR) is 47.1 cm³/mol. The molecule has 0 saturated carbocycles. The van der Waals surface area contributed by atoms with Gasteiger partial charge < -0.3 is 4.90 Å². The van der Waals surface area contributed by atoms with E-state index in [1.54, 1.807) is 0 Å². The van der Waals surface area contributed by atoms with Gasteiger partial charge in [-0.15, -0.1) is 0 Å². The second-order valence-electron chi connectivity index (χ2n) is 3.40. The van der Waals surface area contributed by atoms with Crippen LogP contribution < -0.4 is 0 Å². The van der Waals surface area contributed by atoms with Crippen molar-refractivity contribution in [3.05, 3.63) is 0 Å². The third kappa shape index (κ3) is 1.36. The van der Waals surface area contributed by atoms with Crippen molar-refractivity contribution in [1.29, 1.82) is 0 Å². The molecule has 1 saturated heterocycles. The molecule has 0 aromatic heterocycles. The summed E-state index contributed by atoms with van der Waals surface area (Å²) in [5, 5.41) is 0. The minimum Gasteiger partial charge on any atom is -0.301 e. The Morgan fingerprint density at radius 3 is 2.92 bits per heavy atom. The summed E-state index contributed by atoms with van der Waals surface area (Å²) in [5.41, 5.74) is 0. The zero-order valence-corrected chi connectivity index (χ0v) is 7.25. The highest BCUT2D eigenvalue weighted by molar-refractivity contribution is 5.99. The van der Waals surface area contributed by atoms with Gasteiger partial charge in [-0.1, -0.05) is 0 Å². The van der Waals surface area contributed by atoms with E-state index in [0.29, 0.717) is 0 Å². The average molecular weight is 166 g/mol. The first-order valence-electron chi connectivity index (χ1n) is 4.71. The summed E-state index contributed by atoms with van der Waals surface area (Å²) in [4.78, 5) is 17.8. The van der Waals surface area contributed by atoms with Crippen molar-refractivity contribution >= 4 is 11.7 Å². The van der Waals surface area contributed by atoms with E-state index in [1.807, 2.05) is 4.90 Å². The number of fused-ring (bicyclic) bond motifs is 1. The van der Waals surface area contributed by atoms with E-state index in [4.69, 9.17) is 0 Å². The van der Waals surface area contributed by atoms with Crippen LogP contribution in [0.1, 0.15) is 32.1 Å². The normalized spacial score (nSPS) is 24.5. The fourth-order valence-corrected chi connectivity index (χ4v) is 1.83. The first kappa shape index (κ1) is 7.77. The molecule has 0 aliphatic carbocycles. The van der Waals surface area contributed by atoms with Crippen LogP contribution in [0.15, 0.2) is 4.99 Å². The van der Waals surface area contributed by atoms with Gasteiger partial charge in [0.2, 0.25) is 5.91 Å². The van der Waals surface area contributed by atoms with Crippen molar-refractivity contribution in [3.63, 3.8) is 0 Å². The van der Waals surface area contributed by atoms with Crippen LogP contribution in [0.25, 0.3) is 0 Å². The van der Waals surface area contributed by atoms with Crippen LogP contribution in [-0.4, -0.2) is 29.7 Å². The van der Waals surface area contributed by atoms with Gasteiger partial charge in [-0.3, -0.25) is 9.79 Å². The van der Waals surface area contributed by atoms with Crippen molar-refractivity contribution in [1.82, 2.24) is 4.90 Å². The van der Waals surface area contributed by atoms with Crippen LogP contribution in [0.2, 0.25) is 0 Å². The third-order valence-electron chi connectivity index (χ3n) is 2.49. The molecule has 3 heteroatoms. The van der Waals surface area contributed by atoms with E-state index >= 15 is 0 Å². The molecule has 0 radical (unpaired) electrons. The number of aliphatic imine (C=N–C) groups is 1. The Labute approximate surface area is 72.5 Å². The topological polar surface area (TPSA) is 32.7 Å². The smallest absolute Gasteiger partial charge is 0.227 e. The van der Waals surface area contributed by atoms with Gasteiger partial charge in [0, 0.05) is 25.9 Å². The summed E-state index contributed by atoms with van der Waals surface area (Å²) in [5.74, 6) is 1.33. The van der Waals surface area contributed by atoms with E-state index in [9.17, 15) is 4.79 Å². The summed E-state index contributed by atoms with van der Waals surface area (Å²) in [6.07, 6.45) is 4.93. The van der Waals surface area contributed by atoms with E-state index in [2.05, 4.69) is 4.99 Å². The van der Waals surface area contributed by atoms with Gasteiger partial charge in [-0.25, -0.2) is 0 Å². The quantitative estimate of drug-likeness (QED) is 0.532. The van der Waals surface area contributed by atoms with Crippen molar-refractivity contribution in [2.24, 2.45) is 4.99 Å². The number of amides is 1. The average Bonchev–Trinajstić information content (AvgIpc) is 2.29. The number of hydrogen-bond acceptors (Lipinski definition) is 2. The second kappa shape index (κ2) is 3.25. The lowest BCUT2D eigenvalue weighted by Crippen LogP contribution is -2.39. The molecule has 0 bridgehead atoms. The van der Waals surface area contributed by atoms with Gasteiger partial charge in [0.15, 0.2) is 0 Å². The first-order chi connectivity index (χ1) is 5.88. The summed E-state index contributed by atoms with van der Waals surface area (Å²) < 4.78 is 0. The van der Waals surface area contributed by atoms with Crippen LogP contribution in [0, 0.1) is 0 Å². The number of hydrogen-bond donors (Lipinski definition) is 0. The molecule has 12 heavy (non-hydrogen) atoms. The van der Waals surface area contributed by atoms with Crippen molar-refractivity contribution in [2.45, 2.75) is 32.1 Å². The molecule has 0 aromatic rings. The molecule has 2 rings (SSSR count). The Bertz CT molecular complexity index is 223. The monoisotopic (exact) mass is 166 g/mol. The molecule has 1 fully saturated rings. The summed E-state index contributed by atoms with van der Waals surface area (Å²) in [7, 11) is 0. The number of carbonyl (C=O) groups excluding carboxylic acids is 1. The van der Waals surface area contributed by atoms with E-state index in [-0.39, 0.29) is 5.91 Å². The van der Waals surface area contributed by atoms with Gasteiger partial charge in [0.25, 0.3) is 0 Å². The van der Waals surface area contributed by atoms with Crippen LogP contribution in [-0.2, 0) is 4.79 Å². The van der Waals surface area contributed by atoms with Gasteiger partial charge in [0.1, 0.15) is 5.84 Å². The van der Waals surface area contributed by atoms with Crippen LogP contribution in [0.5, 0.6) is 0 Å². The predicted octanol–water partition coefficient (Wildman–Crippen LogP) is 1.19. The van der Waals surface area contributed by atoms with Gasteiger partial charge in [-0.05, 0) is 19.3 Å². The summed E-state index contributed by atoms with van der Waals surface area (Å²) in [6, 6.07) is 0. The highest BCUT2D eigenvalue weighted by Gasteiger charge is 2.23. The first-order valence-corrected chi connectivity index (χ1v) is 4.71. The van der Waals surface area contributed by atoms with Crippen molar-refractivity contribution in [2.75, 3.05) is 13.1 Å². The van der Waals surface area contributed by atoms with E-state index in [1.165, 1.54) is 0 Å². The Balaban J connectivity index is 2.19. The Morgan fingerprint density at radius 1 is 1.17 bits per heavy atom. The lowest BCUT2D eigenvalue weighted by Gasteiger charge is -2.25. The number of nitrogens with zero attached hydrogens (tertiary/aromatic N) is 2. The molecule has 0 spiro atoms. The Morgan fingerprint density at radius 2 is 2.00 bits per heavy atom. The zero-order valence-electron chi connectivity index (χ0n) is 7.25. The van der Waals surface area contributed by atoms with Gasteiger partial charge in [0.05, 0.1) is 0 Å². The molecule has 0 atom stereocenters. The number of rotatable bonds is 0. The standard InChI is InChI=1S/C9H14N2O/c12-9-5-2-1-4-8-10-6-3-7-11(8)9/h1-7H2. The maximum atomic E-state index is 11.5.